The van der Waals surface area contributed by atoms with E-state index in [-0.39, 0.29) is 16.5 Å². The van der Waals surface area contributed by atoms with Crippen molar-refractivity contribution >= 4 is 21.7 Å². The van der Waals surface area contributed by atoms with Crippen LogP contribution < -0.4 is 5.32 Å². The van der Waals surface area contributed by atoms with Gasteiger partial charge in [0.05, 0.1) is 4.32 Å². The molecule has 5 aliphatic rings. The Bertz CT molecular complexity index is 719. The van der Waals surface area contributed by atoms with Gasteiger partial charge in [-0.15, -0.1) is 0 Å². The molecule has 148 valence electrons. The molecule has 5 fully saturated rings. The van der Waals surface area contributed by atoms with Crippen molar-refractivity contribution in [1.29, 1.82) is 0 Å². The van der Waals surface area contributed by atoms with E-state index < -0.39 is 17.7 Å². The van der Waals surface area contributed by atoms with Gasteiger partial charge >= 0.3 is 0 Å². The molecule has 1 aromatic rings. The Kier molecular flexibility index (Phi) is 4.16. The van der Waals surface area contributed by atoms with E-state index in [1.165, 1.54) is 6.42 Å². The highest BCUT2D eigenvalue weighted by Crippen LogP contribution is 2.63. The smallest absolute Gasteiger partial charge is 0.201 e. The molecule has 0 amide bonds. The maximum atomic E-state index is 6.54. The van der Waals surface area contributed by atoms with Crippen molar-refractivity contribution in [2.45, 2.75) is 74.7 Å². The minimum absolute atomic E-state index is 0.189. The van der Waals surface area contributed by atoms with Crippen LogP contribution in [0.5, 0.6) is 0 Å². The summed E-state index contributed by atoms with van der Waals surface area (Å²) in [7, 11) is 0. The molecule has 7 heteroatoms. The number of anilines is 1. The topological polar surface area (TPSA) is 61.8 Å². The Hall–Kier alpha value is -0.730. The van der Waals surface area contributed by atoms with Crippen LogP contribution in [0.2, 0.25) is 0 Å². The fourth-order valence-electron chi connectivity index (χ4n) is 5.64. The molecule has 1 aliphatic carbocycles. The summed E-state index contributed by atoms with van der Waals surface area (Å²) < 4.78 is 12.6. The Labute approximate surface area is 168 Å². The summed E-state index contributed by atoms with van der Waals surface area (Å²) in [5.41, 5.74) is -0.589. The molecule has 2 bridgehead atoms. The Morgan fingerprint density at radius 3 is 2.81 bits per heavy atom. The van der Waals surface area contributed by atoms with Crippen LogP contribution in [-0.4, -0.2) is 33.2 Å². The predicted molar refractivity (Wildman–Crippen MR) is 103 cm³/mol. The van der Waals surface area contributed by atoms with Gasteiger partial charge in [-0.3, -0.25) is 0 Å². The lowest BCUT2D eigenvalue weighted by Gasteiger charge is -2.62. The zero-order valence-corrected chi connectivity index (χ0v) is 17.6. The summed E-state index contributed by atoms with van der Waals surface area (Å²) in [5, 5.41) is 3.45. The highest BCUT2D eigenvalue weighted by atomic mass is 79.9. The molecule has 1 N–H and O–H groups in total. The molecule has 1 spiro atoms. The number of rotatable bonds is 2. The molecule has 1 saturated carbocycles. The molecule has 27 heavy (non-hydrogen) atoms. The lowest BCUT2D eigenvalue weighted by molar-refractivity contribution is -0.568. The molecule has 6 rings (SSSR count). The highest BCUT2D eigenvalue weighted by molar-refractivity contribution is 9.10. The number of hydrogen-bond acceptors (Lipinski definition) is 6. The molecule has 4 aliphatic heterocycles. The molecule has 0 aromatic carbocycles. The van der Waals surface area contributed by atoms with Crippen molar-refractivity contribution in [3.8, 4) is 0 Å². The second-order valence-electron chi connectivity index (χ2n) is 8.88. The lowest BCUT2D eigenvalue weighted by atomic mass is 9.58. The van der Waals surface area contributed by atoms with Crippen LogP contribution in [0.4, 0.5) is 5.82 Å². The van der Waals surface area contributed by atoms with E-state index in [9.17, 15) is 0 Å². The van der Waals surface area contributed by atoms with Gasteiger partial charge in [-0.2, -0.15) is 0 Å². The summed E-state index contributed by atoms with van der Waals surface area (Å²) in [6.45, 7) is 6.45. The highest BCUT2D eigenvalue weighted by Gasteiger charge is 2.72. The van der Waals surface area contributed by atoms with Crippen molar-refractivity contribution in [3.63, 3.8) is 0 Å². The van der Waals surface area contributed by atoms with Crippen molar-refractivity contribution in [1.82, 2.24) is 4.98 Å². The number of alkyl halides is 1. The van der Waals surface area contributed by atoms with E-state index >= 15 is 0 Å². The van der Waals surface area contributed by atoms with Crippen LogP contribution in [0.15, 0.2) is 24.4 Å². The van der Waals surface area contributed by atoms with E-state index in [1.807, 2.05) is 25.1 Å². The molecule has 1 unspecified atom stereocenters. The number of fused-ring (bicyclic) bond motifs is 2. The first-order valence-corrected chi connectivity index (χ1v) is 10.7. The number of hydrogen-bond donors (Lipinski definition) is 1. The summed E-state index contributed by atoms with van der Waals surface area (Å²) in [6.07, 6.45) is 5.05. The molecular formula is C20H27BrN2O4. The second-order valence-corrected chi connectivity index (χ2v) is 10.6. The SMILES string of the molecule is C[C@@H]1CC[C@@H]2[C@]34OO[C@](C)(CC[C@@H]13)O[C@H]4OC(Nc1ccccn1)[C@@]2(C)Br. The number of nitrogens with one attached hydrogen (secondary N) is 1. The average Bonchev–Trinajstić information content (AvgIpc) is 2.86. The first-order chi connectivity index (χ1) is 12.9. The lowest BCUT2D eigenvalue weighted by Crippen LogP contribution is -2.74. The Morgan fingerprint density at radius 2 is 2.04 bits per heavy atom. The van der Waals surface area contributed by atoms with Crippen molar-refractivity contribution in [3.05, 3.63) is 24.4 Å². The van der Waals surface area contributed by atoms with Gasteiger partial charge in [-0.1, -0.05) is 28.9 Å². The third-order valence-electron chi connectivity index (χ3n) is 7.12. The number of pyridine rings is 1. The quantitative estimate of drug-likeness (QED) is 0.550. The monoisotopic (exact) mass is 438 g/mol. The third-order valence-corrected chi connectivity index (χ3v) is 8.08. The van der Waals surface area contributed by atoms with E-state index in [1.54, 1.807) is 6.20 Å². The van der Waals surface area contributed by atoms with Crippen LogP contribution in [0.3, 0.4) is 0 Å². The standard InChI is InChI=1S/C20H27BrN2O4/c1-12-7-8-14-19(3,21)16(23-15-6-4-5-11-22-15)24-17-20(14)13(12)9-10-18(2,25-17)26-27-20/h4-6,11-14,16-17H,7-10H2,1-3H3,(H,22,23)/t12-,13+,14+,16?,17-,18-,19+,20-/m1/s1. The van der Waals surface area contributed by atoms with Crippen LogP contribution in [0, 0.1) is 17.8 Å². The van der Waals surface area contributed by atoms with Gasteiger partial charge in [-0.05, 0) is 57.1 Å². The largest absolute Gasteiger partial charge is 0.344 e. The second kappa shape index (κ2) is 6.13. The molecule has 5 heterocycles. The predicted octanol–water partition coefficient (Wildman–Crippen LogP) is 4.22. The zero-order chi connectivity index (χ0) is 18.9. The molecule has 1 aromatic heterocycles. The fourth-order valence-corrected chi connectivity index (χ4v) is 6.45. The van der Waals surface area contributed by atoms with Crippen LogP contribution in [0.25, 0.3) is 0 Å². The maximum Gasteiger partial charge on any atom is 0.201 e. The number of ether oxygens (including phenoxy) is 2. The molecule has 8 atom stereocenters. The van der Waals surface area contributed by atoms with E-state index in [4.69, 9.17) is 19.2 Å². The summed E-state index contributed by atoms with van der Waals surface area (Å²) in [4.78, 5) is 16.5. The normalized spacial score (nSPS) is 51.3. The maximum absolute atomic E-state index is 6.54. The van der Waals surface area contributed by atoms with Gasteiger partial charge < -0.3 is 14.8 Å². The minimum atomic E-state index is -0.757. The van der Waals surface area contributed by atoms with Crippen molar-refractivity contribution < 1.29 is 19.2 Å². The van der Waals surface area contributed by atoms with Gasteiger partial charge in [0.1, 0.15) is 12.0 Å². The van der Waals surface area contributed by atoms with Crippen LogP contribution >= 0.6 is 15.9 Å². The molecule has 6 nitrogen and oxygen atoms in total. The van der Waals surface area contributed by atoms with Gasteiger partial charge in [0.15, 0.2) is 11.9 Å². The average molecular weight is 439 g/mol. The van der Waals surface area contributed by atoms with Gasteiger partial charge in [-0.25, -0.2) is 14.8 Å². The molecule has 4 saturated heterocycles. The first kappa shape index (κ1) is 18.3. The van der Waals surface area contributed by atoms with Gasteiger partial charge in [0.25, 0.3) is 0 Å². The third kappa shape index (κ3) is 2.62. The van der Waals surface area contributed by atoms with Crippen molar-refractivity contribution in [2.24, 2.45) is 17.8 Å². The van der Waals surface area contributed by atoms with Gasteiger partial charge in [0, 0.05) is 18.5 Å². The van der Waals surface area contributed by atoms with Crippen LogP contribution in [-0.2, 0) is 19.2 Å². The minimum Gasteiger partial charge on any atom is -0.344 e. The molecular weight excluding hydrogens is 412 g/mol. The van der Waals surface area contributed by atoms with Gasteiger partial charge in [0.2, 0.25) is 5.79 Å². The summed E-state index contributed by atoms with van der Waals surface area (Å²) in [6, 6.07) is 5.82. The summed E-state index contributed by atoms with van der Waals surface area (Å²) in [5.74, 6) is 1.11. The Morgan fingerprint density at radius 1 is 1.19 bits per heavy atom. The van der Waals surface area contributed by atoms with E-state index in [2.05, 4.69) is 40.1 Å². The van der Waals surface area contributed by atoms with E-state index in [0.29, 0.717) is 11.8 Å². The van der Waals surface area contributed by atoms with E-state index in [0.717, 1.165) is 25.1 Å². The Balaban J connectivity index is 1.55. The molecule has 0 radical (unpaired) electrons. The van der Waals surface area contributed by atoms with Crippen molar-refractivity contribution in [2.75, 3.05) is 5.32 Å². The zero-order valence-electron chi connectivity index (χ0n) is 16.0. The summed E-state index contributed by atoms with van der Waals surface area (Å²) >= 11 is 4.01. The van der Waals surface area contributed by atoms with Crippen LogP contribution in [0.1, 0.15) is 46.5 Å². The number of aromatic nitrogens is 1. The number of halogens is 1. The number of nitrogens with zero attached hydrogens (tertiary/aromatic N) is 1. The fraction of sp³-hybridized carbons (Fsp3) is 0.750. The first-order valence-electron chi connectivity index (χ1n) is 9.92.